The first-order valence-electron chi connectivity index (χ1n) is 6.30. The molecular formula is C11H14N4O4S2. The molecule has 0 spiro atoms. The Morgan fingerprint density at radius 3 is 2.76 bits per heavy atom. The largest absolute Gasteiger partial charge is 0.243 e. The number of nitrogens with zero attached hydrogens (tertiary/aromatic N) is 3. The number of benzene rings is 1. The summed E-state index contributed by atoms with van der Waals surface area (Å²) in [5.74, 6) is -0.155. The van der Waals surface area contributed by atoms with E-state index in [0.29, 0.717) is 5.52 Å². The van der Waals surface area contributed by atoms with Crippen molar-refractivity contribution in [3.8, 4) is 0 Å². The third kappa shape index (κ3) is 2.78. The molecule has 0 amide bonds. The quantitative estimate of drug-likeness (QED) is 0.807. The lowest BCUT2D eigenvalue weighted by molar-refractivity contribution is 0.563. The molecule has 1 aromatic heterocycles. The first-order valence-corrected chi connectivity index (χ1v) is 9.60. The molecule has 0 aliphatic carbocycles. The molecule has 1 N–H and O–H groups in total. The lowest BCUT2D eigenvalue weighted by Crippen LogP contribution is -2.35. The molecule has 1 aliphatic rings. The average molecular weight is 330 g/mol. The maximum absolute atomic E-state index is 12.4. The Morgan fingerprint density at radius 2 is 2.10 bits per heavy atom. The van der Waals surface area contributed by atoms with Crippen molar-refractivity contribution in [3.05, 3.63) is 18.2 Å². The maximum Gasteiger partial charge on any atom is 0.243 e. The van der Waals surface area contributed by atoms with Crippen LogP contribution in [-0.4, -0.2) is 49.4 Å². The zero-order valence-electron chi connectivity index (χ0n) is 11.2. The zero-order valence-corrected chi connectivity index (χ0v) is 12.9. The number of sulfone groups is 1. The van der Waals surface area contributed by atoms with E-state index < -0.39 is 25.9 Å². The van der Waals surface area contributed by atoms with Crippen LogP contribution in [0.25, 0.3) is 11.0 Å². The van der Waals surface area contributed by atoms with Crippen molar-refractivity contribution >= 4 is 30.9 Å². The van der Waals surface area contributed by atoms with Gasteiger partial charge in [0.05, 0.1) is 11.5 Å². The molecule has 10 heteroatoms. The van der Waals surface area contributed by atoms with E-state index in [9.17, 15) is 16.8 Å². The summed E-state index contributed by atoms with van der Waals surface area (Å²) in [6.45, 7) is 0. The van der Waals surface area contributed by atoms with Gasteiger partial charge in [-0.1, -0.05) is 6.07 Å². The average Bonchev–Trinajstić information content (AvgIpc) is 2.89. The highest BCUT2D eigenvalue weighted by atomic mass is 32.2. The van der Waals surface area contributed by atoms with Gasteiger partial charge in [-0.25, -0.2) is 21.6 Å². The molecule has 114 valence electrons. The Kier molecular flexibility index (Phi) is 3.26. The third-order valence-corrected chi connectivity index (χ3v) is 6.64. The smallest absolute Gasteiger partial charge is 0.229 e. The van der Waals surface area contributed by atoms with Gasteiger partial charge in [-0.2, -0.15) is 15.0 Å². The summed E-state index contributed by atoms with van der Waals surface area (Å²) < 4.78 is 50.2. The highest BCUT2D eigenvalue weighted by molar-refractivity contribution is 7.92. The Hall–Kier alpha value is -1.52. The van der Waals surface area contributed by atoms with Gasteiger partial charge in [-0.3, -0.25) is 0 Å². The number of aromatic nitrogens is 3. The van der Waals surface area contributed by atoms with Crippen molar-refractivity contribution in [1.82, 2.24) is 19.7 Å². The molecular weight excluding hydrogens is 316 g/mol. The van der Waals surface area contributed by atoms with Gasteiger partial charge in [0.1, 0.15) is 15.9 Å². The molecule has 0 bridgehead atoms. The lowest BCUT2D eigenvalue weighted by Gasteiger charge is -2.11. The van der Waals surface area contributed by atoms with Gasteiger partial charge in [-0.15, -0.1) is 0 Å². The van der Waals surface area contributed by atoms with Gasteiger partial charge >= 0.3 is 0 Å². The van der Waals surface area contributed by atoms with Gasteiger partial charge in [0.15, 0.2) is 9.84 Å². The fourth-order valence-corrected chi connectivity index (χ4v) is 5.61. The zero-order chi connectivity index (χ0) is 15.3. The number of hydrogen-bond acceptors (Lipinski definition) is 6. The number of nitrogens with one attached hydrogen (secondary N) is 1. The van der Waals surface area contributed by atoms with E-state index in [2.05, 4.69) is 14.9 Å². The Balaban J connectivity index is 1.97. The highest BCUT2D eigenvalue weighted by Crippen LogP contribution is 2.21. The molecule has 21 heavy (non-hydrogen) atoms. The first-order chi connectivity index (χ1) is 9.77. The van der Waals surface area contributed by atoms with E-state index in [4.69, 9.17) is 0 Å². The minimum Gasteiger partial charge on any atom is -0.229 e. The normalized spacial score (nSPS) is 21.9. The van der Waals surface area contributed by atoms with Crippen LogP contribution >= 0.6 is 0 Å². The predicted molar refractivity (Wildman–Crippen MR) is 75.9 cm³/mol. The van der Waals surface area contributed by atoms with E-state index in [0.717, 1.165) is 0 Å². The molecule has 3 rings (SSSR count). The Morgan fingerprint density at radius 1 is 1.33 bits per heavy atom. The van der Waals surface area contributed by atoms with Crippen molar-refractivity contribution < 1.29 is 16.8 Å². The lowest BCUT2D eigenvalue weighted by atomic mass is 10.3. The highest BCUT2D eigenvalue weighted by Gasteiger charge is 2.32. The summed E-state index contributed by atoms with van der Waals surface area (Å²) in [6, 6.07) is 4.09. The molecule has 2 aromatic rings. The molecule has 0 saturated carbocycles. The molecule has 1 saturated heterocycles. The van der Waals surface area contributed by atoms with Crippen molar-refractivity contribution in [2.24, 2.45) is 7.05 Å². The van der Waals surface area contributed by atoms with Crippen LogP contribution in [0.1, 0.15) is 6.42 Å². The number of rotatable bonds is 3. The minimum atomic E-state index is -3.84. The van der Waals surface area contributed by atoms with E-state index in [1.165, 1.54) is 10.9 Å². The molecule has 8 nitrogen and oxygen atoms in total. The van der Waals surface area contributed by atoms with Crippen LogP contribution in [0.4, 0.5) is 0 Å². The van der Waals surface area contributed by atoms with E-state index in [1.807, 2.05) is 0 Å². The summed E-state index contributed by atoms with van der Waals surface area (Å²) in [4.78, 5) is 1.31. The number of aryl methyl sites for hydroxylation is 1. The summed E-state index contributed by atoms with van der Waals surface area (Å²) in [6.07, 6.45) is 0.290. The van der Waals surface area contributed by atoms with Crippen LogP contribution in [-0.2, 0) is 26.9 Å². The maximum atomic E-state index is 12.4. The Labute approximate surface area is 122 Å². The molecule has 1 atom stereocenters. The van der Waals surface area contributed by atoms with Crippen molar-refractivity contribution in [2.75, 3.05) is 11.5 Å². The van der Waals surface area contributed by atoms with Gasteiger partial charge in [0.25, 0.3) is 0 Å². The number of hydrogen-bond donors (Lipinski definition) is 1. The number of sulfonamides is 1. The molecule has 1 fully saturated rings. The monoisotopic (exact) mass is 330 g/mol. The van der Waals surface area contributed by atoms with E-state index >= 15 is 0 Å². The fourth-order valence-electron chi connectivity index (χ4n) is 2.40. The minimum absolute atomic E-state index is 0.00945. The van der Waals surface area contributed by atoms with E-state index in [-0.39, 0.29) is 28.3 Å². The standard InChI is InChI=1S/C11H14N4O4S2/c1-15-12-9-3-2-4-10(11(9)13-15)21(18,19)14-8-5-6-20(16,17)7-8/h2-4,8,14H,5-7H2,1H3. The molecule has 1 aromatic carbocycles. The topological polar surface area (TPSA) is 111 Å². The van der Waals surface area contributed by atoms with Crippen molar-refractivity contribution in [2.45, 2.75) is 17.4 Å². The van der Waals surface area contributed by atoms with Crippen LogP contribution in [0.15, 0.2) is 23.1 Å². The second kappa shape index (κ2) is 4.75. The summed E-state index contributed by atoms with van der Waals surface area (Å²) in [7, 11) is -5.38. The first kappa shape index (κ1) is 14.4. The van der Waals surface area contributed by atoms with Gasteiger partial charge < -0.3 is 0 Å². The summed E-state index contributed by atoms with van der Waals surface area (Å²) in [5.41, 5.74) is 0.743. The molecule has 2 heterocycles. The van der Waals surface area contributed by atoms with Gasteiger partial charge in [0, 0.05) is 13.1 Å². The van der Waals surface area contributed by atoms with Gasteiger partial charge in [0.2, 0.25) is 10.0 Å². The number of fused-ring (bicyclic) bond motifs is 1. The van der Waals surface area contributed by atoms with Gasteiger partial charge in [-0.05, 0) is 18.6 Å². The van der Waals surface area contributed by atoms with Crippen LogP contribution in [0, 0.1) is 0 Å². The van der Waals surface area contributed by atoms with Crippen molar-refractivity contribution in [3.63, 3.8) is 0 Å². The van der Waals surface area contributed by atoms with Crippen LogP contribution in [0.5, 0.6) is 0 Å². The summed E-state index contributed by atoms with van der Waals surface area (Å²) >= 11 is 0. The molecule has 0 radical (unpaired) electrons. The Bertz CT molecular complexity index is 901. The van der Waals surface area contributed by atoms with Crippen LogP contribution in [0.3, 0.4) is 0 Å². The molecule has 1 aliphatic heterocycles. The summed E-state index contributed by atoms with van der Waals surface area (Å²) in [5, 5.41) is 8.11. The SMILES string of the molecule is Cn1nc2cccc(S(=O)(=O)NC3CCS(=O)(=O)C3)c2n1. The van der Waals surface area contributed by atoms with Crippen molar-refractivity contribution in [1.29, 1.82) is 0 Å². The van der Waals surface area contributed by atoms with Crippen LogP contribution < -0.4 is 4.72 Å². The predicted octanol–water partition coefficient (Wildman–Crippen LogP) is -0.566. The fraction of sp³-hybridized carbons (Fsp3) is 0.455. The van der Waals surface area contributed by atoms with Crippen LogP contribution in [0.2, 0.25) is 0 Å². The third-order valence-electron chi connectivity index (χ3n) is 3.32. The second-order valence-electron chi connectivity index (χ2n) is 5.03. The van der Waals surface area contributed by atoms with E-state index in [1.54, 1.807) is 19.2 Å². The molecule has 1 unspecified atom stereocenters. The second-order valence-corrected chi connectivity index (χ2v) is 8.95.